The lowest BCUT2D eigenvalue weighted by Gasteiger charge is -2.09. The van der Waals surface area contributed by atoms with Gasteiger partial charge in [-0.3, -0.25) is 0 Å². The molecule has 0 saturated carbocycles. The second-order valence-corrected chi connectivity index (χ2v) is 4.33. The fourth-order valence-electron chi connectivity index (χ4n) is 1.52. The van der Waals surface area contributed by atoms with Gasteiger partial charge in [-0.05, 0) is 36.2 Å². The maximum absolute atomic E-state index is 13.6. The van der Waals surface area contributed by atoms with Crippen molar-refractivity contribution in [2.75, 3.05) is 0 Å². The van der Waals surface area contributed by atoms with Crippen molar-refractivity contribution in [1.82, 2.24) is 0 Å². The zero-order valence-electron chi connectivity index (χ0n) is 9.71. The summed E-state index contributed by atoms with van der Waals surface area (Å²) < 4.78 is 31.9. The minimum atomic E-state index is -0.484. The first-order valence-corrected chi connectivity index (χ1v) is 5.77. The lowest BCUT2D eigenvalue weighted by molar-refractivity contribution is 0.289. The number of halogens is 3. The zero-order chi connectivity index (χ0) is 13.1. The van der Waals surface area contributed by atoms with Crippen LogP contribution >= 0.6 is 11.6 Å². The van der Waals surface area contributed by atoms with Crippen molar-refractivity contribution >= 4 is 11.6 Å². The van der Waals surface area contributed by atoms with Gasteiger partial charge in [0.1, 0.15) is 12.4 Å². The van der Waals surface area contributed by atoms with E-state index in [9.17, 15) is 8.78 Å². The van der Waals surface area contributed by atoms with Crippen LogP contribution in [0.1, 0.15) is 11.1 Å². The third-order valence-electron chi connectivity index (χ3n) is 2.53. The molecule has 0 N–H and O–H groups in total. The van der Waals surface area contributed by atoms with E-state index >= 15 is 0 Å². The topological polar surface area (TPSA) is 9.23 Å². The molecule has 1 nitrogen and oxygen atoms in total. The molecule has 0 aliphatic carbocycles. The molecule has 0 aromatic heterocycles. The van der Waals surface area contributed by atoms with Gasteiger partial charge in [0.05, 0.1) is 5.02 Å². The Morgan fingerprint density at radius 3 is 2.67 bits per heavy atom. The molecular formula is C14H11ClF2O. The summed E-state index contributed by atoms with van der Waals surface area (Å²) in [5.41, 5.74) is 1.20. The van der Waals surface area contributed by atoms with Gasteiger partial charge in [-0.1, -0.05) is 29.8 Å². The normalized spacial score (nSPS) is 10.4. The molecule has 0 amide bonds. The van der Waals surface area contributed by atoms with Gasteiger partial charge in [0.25, 0.3) is 0 Å². The van der Waals surface area contributed by atoms with Gasteiger partial charge in [-0.2, -0.15) is 0 Å². The van der Waals surface area contributed by atoms with E-state index in [-0.39, 0.29) is 23.2 Å². The standard InChI is InChI=1S/C14H11ClF2O/c1-9-3-2-4-13(14(9)17)18-8-10-5-6-12(16)11(15)7-10/h2-7H,8H2,1H3. The van der Waals surface area contributed by atoms with E-state index in [1.165, 1.54) is 12.1 Å². The van der Waals surface area contributed by atoms with Crippen LogP contribution in [0.3, 0.4) is 0 Å². The van der Waals surface area contributed by atoms with E-state index in [0.717, 1.165) is 0 Å². The Morgan fingerprint density at radius 2 is 1.94 bits per heavy atom. The molecule has 2 aromatic rings. The molecule has 0 spiro atoms. The van der Waals surface area contributed by atoms with Crippen LogP contribution in [-0.4, -0.2) is 0 Å². The largest absolute Gasteiger partial charge is 0.486 e. The van der Waals surface area contributed by atoms with Gasteiger partial charge >= 0.3 is 0 Å². The lowest BCUT2D eigenvalue weighted by Crippen LogP contribution is -1.98. The first kappa shape index (κ1) is 12.8. The van der Waals surface area contributed by atoms with Crippen molar-refractivity contribution in [3.8, 4) is 5.75 Å². The fraction of sp³-hybridized carbons (Fsp3) is 0.143. The molecular weight excluding hydrogens is 258 g/mol. The molecule has 0 unspecified atom stereocenters. The van der Waals surface area contributed by atoms with Crippen LogP contribution in [0.15, 0.2) is 36.4 Å². The summed E-state index contributed by atoms with van der Waals surface area (Å²) in [5.74, 6) is -0.691. The molecule has 2 rings (SSSR count). The molecule has 0 radical (unpaired) electrons. The minimum absolute atomic E-state index is 0.0285. The third kappa shape index (κ3) is 2.79. The van der Waals surface area contributed by atoms with Crippen LogP contribution in [0.25, 0.3) is 0 Å². The molecule has 18 heavy (non-hydrogen) atoms. The number of rotatable bonds is 3. The Hall–Kier alpha value is -1.61. The summed E-state index contributed by atoms with van der Waals surface area (Å²) in [4.78, 5) is 0. The number of hydrogen-bond acceptors (Lipinski definition) is 1. The highest BCUT2D eigenvalue weighted by Crippen LogP contribution is 2.22. The van der Waals surface area contributed by atoms with Crippen molar-refractivity contribution in [3.63, 3.8) is 0 Å². The Kier molecular flexibility index (Phi) is 3.82. The molecule has 2 aromatic carbocycles. The first-order chi connectivity index (χ1) is 8.58. The van der Waals surface area contributed by atoms with Gasteiger partial charge in [-0.15, -0.1) is 0 Å². The molecule has 4 heteroatoms. The van der Waals surface area contributed by atoms with Crippen LogP contribution < -0.4 is 4.74 Å². The highest BCUT2D eigenvalue weighted by atomic mass is 35.5. The maximum Gasteiger partial charge on any atom is 0.167 e. The van der Waals surface area contributed by atoms with Crippen LogP contribution in [0.5, 0.6) is 5.75 Å². The van der Waals surface area contributed by atoms with Gasteiger partial charge in [-0.25, -0.2) is 8.78 Å². The maximum atomic E-state index is 13.6. The van der Waals surface area contributed by atoms with Gasteiger partial charge < -0.3 is 4.74 Å². The predicted molar refractivity (Wildman–Crippen MR) is 66.9 cm³/mol. The smallest absolute Gasteiger partial charge is 0.167 e. The summed E-state index contributed by atoms with van der Waals surface area (Å²) in [6, 6.07) is 9.20. The van der Waals surface area contributed by atoms with E-state index < -0.39 is 5.82 Å². The average Bonchev–Trinajstić information content (AvgIpc) is 2.35. The summed E-state index contributed by atoms with van der Waals surface area (Å²) in [5, 5.41) is 0.0285. The number of benzene rings is 2. The summed E-state index contributed by atoms with van der Waals surface area (Å²) in [6.07, 6.45) is 0. The zero-order valence-corrected chi connectivity index (χ0v) is 10.5. The van der Waals surface area contributed by atoms with Crippen molar-refractivity contribution in [1.29, 1.82) is 0 Å². The Balaban J connectivity index is 2.11. The number of hydrogen-bond donors (Lipinski definition) is 0. The van der Waals surface area contributed by atoms with E-state index in [2.05, 4.69) is 0 Å². The highest BCUT2D eigenvalue weighted by molar-refractivity contribution is 6.30. The molecule has 0 saturated heterocycles. The van der Waals surface area contributed by atoms with Crippen molar-refractivity contribution in [3.05, 3.63) is 64.2 Å². The minimum Gasteiger partial charge on any atom is -0.486 e. The monoisotopic (exact) mass is 268 g/mol. The molecule has 94 valence electrons. The number of ether oxygens (including phenoxy) is 1. The summed E-state index contributed by atoms with van der Waals surface area (Å²) in [7, 11) is 0. The van der Waals surface area contributed by atoms with Crippen molar-refractivity contribution < 1.29 is 13.5 Å². The van der Waals surface area contributed by atoms with Crippen molar-refractivity contribution in [2.24, 2.45) is 0 Å². The van der Waals surface area contributed by atoms with Crippen LogP contribution in [-0.2, 0) is 6.61 Å². The van der Waals surface area contributed by atoms with E-state index in [1.807, 2.05) is 0 Å². The SMILES string of the molecule is Cc1cccc(OCc2ccc(F)c(Cl)c2)c1F. The van der Waals surface area contributed by atoms with Gasteiger partial charge in [0.2, 0.25) is 0 Å². The van der Waals surface area contributed by atoms with Gasteiger partial charge in [0, 0.05) is 0 Å². The first-order valence-electron chi connectivity index (χ1n) is 5.40. The molecule has 0 aliphatic heterocycles. The van der Waals surface area contributed by atoms with Crippen LogP contribution in [0, 0.1) is 18.6 Å². The molecule has 0 fully saturated rings. The van der Waals surface area contributed by atoms with E-state index in [4.69, 9.17) is 16.3 Å². The molecule has 0 bridgehead atoms. The fourth-order valence-corrected chi connectivity index (χ4v) is 1.73. The Labute approximate surface area is 109 Å². The van der Waals surface area contributed by atoms with E-state index in [0.29, 0.717) is 11.1 Å². The van der Waals surface area contributed by atoms with Crippen molar-refractivity contribution in [2.45, 2.75) is 13.5 Å². The summed E-state index contributed by atoms with van der Waals surface area (Å²) >= 11 is 5.65. The quantitative estimate of drug-likeness (QED) is 0.796. The molecule has 0 heterocycles. The third-order valence-corrected chi connectivity index (χ3v) is 2.82. The Bertz CT molecular complexity index is 570. The second-order valence-electron chi connectivity index (χ2n) is 3.92. The second kappa shape index (κ2) is 5.36. The van der Waals surface area contributed by atoms with E-state index in [1.54, 1.807) is 31.2 Å². The number of aryl methyl sites for hydroxylation is 1. The van der Waals surface area contributed by atoms with Crippen LogP contribution in [0.4, 0.5) is 8.78 Å². The molecule has 0 aliphatic rings. The lowest BCUT2D eigenvalue weighted by atomic mass is 10.2. The molecule has 0 atom stereocenters. The predicted octanol–water partition coefficient (Wildman–Crippen LogP) is 4.51. The summed E-state index contributed by atoms with van der Waals surface area (Å²) in [6.45, 7) is 1.80. The van der Waals surface area contributed by atoms with Gasteiger partial charge in [0.15, 0.2) is 11.6 Å². The average molecular weight is 269 g/mol. The van der Waals surface area contributed by atoms with Crippen LogP contribution in [0.2, 0.25) is 5.02 Å². The Morgan fingerprint density at radius 1 is 1.17 bits per heavy atom. The highest BCUT2D eigenvalue weighted by Gasteiger charge is 2.07.